The van der Waals surface area contributed by atoms with Gasteiger partial charge in [-0.2, -0.15) is 0 Å². The highest BCUT2D eigenvalue weighted by molar-refractivity contribution is 5.91. The summed E-state index contributed by atoms with van der Waals surface area (Å²) in [6.07, 6.45) is 1.91. The third-order valence-corrected chi connectivity index (χ3v) is 3.28. The van der Waals surface area contributed by atoms with E-state index in [-0.39, 0.29) is 5.56 Å². The first kappa shape index (κ1) is 15.1. The van der Waals surface area contributed by atoms with Gasteiger partial charge in [-0.1, -0.05) is 6.58 Å². The Balaban J connectivity index is 2.25. The molecule has 112 valence electrons. The molecule has 1 N–H and O–H groups in total. The van der Waals surface area contributed by atoms with Crippen LogP contribution in [0.25, 0.3) is 0 Å². The van der Waals surface area contributed by atoms with Crippen molar-refractivity contribution >= 4 is 11.8 Å². The number of benzene rings is 1. The van der Waals surface area contributed by atoms with Crippen molar-refractivity contribution in [3.8, 4) is 0 Å². The van der Waals surface area contributed by atoms with Gasteiger partial charge in [0.2, 0.25) is 5.91 Å². The van der Waals surface area contributed by atoms with Gasteiger partial charge in [-0.05, 0) is 36.6 Å². The molecule has 1 atom stereocenters. The Bertz CT molecular complexity index is 581. The number of hydrogen-bond donors (Lipinski definition) is 1. The molecule has 0 saturated carbocycles. The maximum Gasteiger partial charge on any atom is 0.261 e. The summed E-state index contributed by atoms with van der Waals surface area (Å²) in [6.45, 7) is 3.56. The van der Waals surface area contributed by atoms with Gasteiger partial charge in [0.25, 0.3) is 5.91 Å². The Morgan fingerprint density at radius 2 is 1.95 bits per heavy atom. The first-order chi connectivity index (χ1) is 9.93. The number of rotatable bonds is 3. The van der Waals surface area contributed by atoms with Crippen molar-refractivity contribution in [1.82, 2.24) is 10.4 Å². The third kappa shape index (κ3) is 3.07. The maximum atomic E-state index is 13.3. The van der Waals surface area contributed by atoms with Crippen LogP contribution in [0, 0.1) is 17.5 Å². The van der Waals surface area contributed by atoms with Gasteiger partial charge >= 0.3 is 0 Å². The van der Waals surface area contributed by atoms with E-state index in [4.69, 9.17) is 0 Å². The number of hydrazine groups is 1. The second kappa shape index (κ2) is 5.99. The molecule has 1 aliphatic rings. The predicted molar refractivity (Wildman–Crippen MR) is 68.3 cm³/mol. The molecule has 4 nitrogen and oxygen atoms in total. The molecule has 1 aromatic rings. The van der Waals surface area contributed by atoms with Crippen LogP contribution in [-0.4, -0.2) is 23.4 Å². The summed E-state index contributed by atoms with van der Waals surface area (Å²) >= 11 is 0. The van der Waals surface area contributed by atoms with Crippen molar-refractivity contribution < 1.29 is 22.8 Å². The molecule has 7 heteroatoms. The van der Waals surface area contributed by atoms with E-state index < -0.39 is 35.2 Å². The SMILES string of the molecule is C=CC(=O)NN1CCCC(c2cc(F)c(F)c(F)c2)C1=O. The molecule has 1 unspecified atom stereocenters. The normalized spacial score (nSPS) is 18.5. The molecule has 0 aromatic heterocycles. The molecule has 0 aliphatic carbocycles. The lowest BCUT2D eigenvalue weighted by atomic mass is 9.90. The Morgan fingerprint density at radius 1 is 1.33 bits per heavy atom. The summed E-state index contributed by atoms with van der Waals surface area (Å²) in [5.74, 6) is -6.13. The van der Waals surface area contributed by atoms with Crippen LogP contribution in [0.2, 0.25) is 0 Å². The van der Waals surface area contributed by atoms with Gasteiger partial charge in [-0.3, -0.25) is 20.0 Å². The molecule has 0 bridgehead atoms. The lowest BCUT2D eigenvalue weighted by Gasteiger charge is -2.32. The number of hydrogen-bond acceptors (Lipinski definition) is 2. The van der Waals surface area contributed by atoms with Crippen LogP contribution < -0.4 is 5.43 Å². The monoisotopic (exact) mass is 298 g/mol. The average molecular weight is 298 g/mol. The van der Waals surface area contributed by atoms with Crippen LogP contribution in [0.4, 0.5) is 13.2 Å². The number of halogens is 3. The molecular weight excluding hydrogens is 285 g/mol. The standard InChI is InChI=1S/C14H13F3N2O2/c1-2-12(20)18-19-5-3-4-9(14(19)21)8-6-10(15)13(17)11(16)7-8/h2,6-7,9H,1,3-5H2,(H,18,20). The average Bonchev–Trinajstić information content (AvgIpc) is 2.46. The van der Waals surface area contributed by atoms with Gasteiger partial charge in [0.1, 0.15) is 0 Å². The van der Waals surface area contributed by atoms with Crippen LogP contribution in [0.3, 0.4) is 0 Å². The maximum absolute atomic E-state index is 13.3. The van der Waals surface area contributed by atoms with Crippen molar-refractivity contribution in [2.45, 2.75) is 18.8 Å². The highest BCUT2D eigenvalue weighted by Crippen LogP contribution is 2.29. The van der Waals surface area contributed by atoms with E-state index >= 15 is 0 Å². The second-order valence-corrected chi connectivity index (χ2v) is 4.66. The van der Waals surface area contributed by atoms with Crippen molar-refractivity contribution in [1.29, 1.82) is 0 Å². The molecule has 1 saturated heterocycles. The summed E-state index contributed by atoms with van der Waals surface area (Å²) in [5, 5.41) is 1.08. The smallest absolute Gasteiger partial charge is 0.261 e. The molecule has 1 aliphatic heterocycles. The van der Waals surface area contributed by atoms with Crippen LogP contribution in [0.1, 0.15) is 24.3 Å². The number of nitrogens with one attached hydrogen (secondary N) is 1. The number of carbonyl (C=O) groups is 2. The van der Waals surface area contributed by atoms with Crippen molar-refractivity contribution in [3.63, 3.8) is 0 Å². The third-order valence-electron chi connectivity index (χ3n) is 3.28. The topological polar surface area (TPSA) is 49.4 Å². The first-order valence-corrected chi connectivity index (χ1v) is 6.33. The minimum absolute atomic E-state index is 0.0500. The predicted octanol–water partition coefficient (Wildman–Crippen LogP) is 2.03. The van der Waals surface area contributed by atoms with Gasteiger partial charge in [0.05, 0.1) is 5.92 Å². The molecule has 1 heterocycles. The van der Waals surface area contributed by atoms with Crippen molar-refractivity contribution in [2.75, 3.05) is 6.54 Å². The van der Waals surface area contributed by atoms with E-state index in [0.717, 1.165) is 23.2 Å². The molecule has 2 amide bonds. The zero-order valence-corrected chi connectivity index (χ0v) is 11.0. The molecule has 1 aromatic carbocycles. The van der Waals surface area contributed by atoms with E-state index in [1.165, 1.54) is 0 Å². The molecule has 1 fully saturated rings. The number of amides is 2. The minimum atomic E-state index is -1.57. The molecular formula is C14H13F3N2O2. The lowest BCUT2D eigenvalue weighted by molar-refractivity contribution is -0.143. The number of piperidine rings is 1. The van der Waals surface area contributed by atoms with Crippen molar-refractivity contribution in [3.05, 3.63) is 47.8 Å². The Morgan fingerprint density at radius 3 is 2.52 bits per heavy atom. The van der Waals surface area contributed by atoms with Gasteiger partial charge in [0, 0.05) is 6.54 Å². The fourth-order valence-electron chi connectivity index (χ4n) is 2.25. The van der Waals surface area contributed by atoms with E-state index in [0.29, 0.717) is 19.4 Å². The largest absolute Gasteiger partial charge is 0.272 e. The molecule has 0 radical (unpaired) electrons. The zero-order chi connectivity index (χ0) is 15.6. The Hall–Kier alpha value is -2.31. The quantitative estimate of drug-likeness (QED) is 0.685. The van der Waals surface area contributed by atoms with Gasteiger partial charge < -0.3 is 0 Å². The van der Waals surface area contributed by atoms with E-state index in [9.17, 15) is 22.8 Å². The molecule has 2 rings (SSSR count). The van der Waals surface area contributed by atoms with Gasteiger partial charge in [-0.15, -0.1) is 0 Å². The lowest BCUT2D eigenvalue weighted by Crippen LogP contribution is -2.50. The van der Waals surface area contributed by atoms with Crippen LogP contribution in [-0.2, 0) is 9.59 Å². The van der Waals surface area contributed by atoms with Crippen LogP contribution >= 0.6 is 0 Å². The van der Waals surface area contributed by atoms with Crippen LogP contribution in [0.5, 0.6) is 0 Å². The molecule has 21 heavy (non-hydrogen) atoms. The highest BCUT2D eigenvalue weighted by Gasteiger charge is 2.32. The summed E-state index contributed by atoms with van der Waals surface area (Å²) in [6, 6.07) is 1.61. The van der Waals surface area contributed by atoms with Crippen molar-refractivity contribution in [2.24, 2.45) is 0 Å². The summed E-state index contributed by atoms with van der Waals surface area (Å²) in [4.78, 5) is 23.5. The van der Waals surface area contributed by atoms with E-state index in [1.807, 2.05) is 0 Å². The Kier molecular flexibility index (Phi) is 4.30. The first-order valence-electron chi connectivity index (χ1n) is 6.33. The second-order valence-electron chi connectivity index (χ2n) is 4.66. The van der Waals surface area contributed by atoms with Crippen LogP contribution in [0.15, 0.2) is 24.8 Å². The van der Waals surface area contributed by atoms with E-state index in [2.05, 4.69) is 12.0 Å². The van der Waals surface area contributed by atoms with Gasteiger partial charge in [0.15, 0.2) is 17.5 Å². The number of nitrogens with zero attached hydrogens (tertiary/aromatic N) is 1. The number of carbonyl (C=O) groups excluding carboxylic acids is 2. The van der Waals surface area contributed by atoms with Gasteiger partial charge in [-0.25, -0.2) is 13.2 Å². The van der Waals surface area contributed by atoms with E-state index in [1.54, 1.807) is 0 Å². The zero-order valence-electron chi connectivity index (χ0n) is 11.0. The summed E-state index contributed by atoms with van der Waals surface area (Å²) < 4.78 is 39.5. The summed E-state index contributed by atoms with van der Waals surface area (Å²) in [7, 11) is 0. The minimum Gasteiger partial charge on any atom is -0.272 e. The Labute approximate surface area is 119 Å². The molecule has 0 spiro atoms. The fraction of sp³-hybridized carbons (Fsp3) is 0.286. The highest BCUT2D eigenvalue weighted by atomic mass is 19.2. The summed E-state index contributed by atoms with van der Waals surface area (Å²) in [5.41, 5.74) is 2.37. The fourth-order valence-corrected chi connectivity index (χ4v) is 2.25.